The first-order valence-electron chi connectivity index (χ1n) is 6.83. The summed E-state index contributed by atoms with van der Waals surface area (Å²) in [4.78, 5) is 18.1. The Kier molecular flexibility index (Phi) is 9.07. The topological polar surface area (TPSA) is 71.2 Å². The summed E-state index contributed by atoms with van der Waals surface area (Å²) in [6.45, 7) is 0. The smallest absolute Gasteiger partial charge is 0.225 e. The third-order valence-corrected chi connectivity index (χ3v) is 3.21. The maximum absolute atomic E-state index is 11.9. The Morgan fingerprint density at radius 2 is 1.87 bits per heavy atom. The number of hydrogen-bond acceptors (Lipinski definition) is 4. The van der Waals surface area contributed by atoms with Crippen molar-refractivity contribution in [1.82, 2.24) is 4.98 Å². The molecule has 0 aliphatic heterocycles. The van der Waals surface area contributed by atoms with Crippen molar-refractivity contribution in [2.45, 2.75) is 12.8 Å². The lowest BCUT2D eigenvalue weighted by atomic mass is 10.1. The normalized spacial score (nSPS) is 9.30. The summed E-state index contributed by atoms with van der Waals surface area (Å²) in [6, 6.07) is 11.3. The van der Waals surface area contributed by atoms with Gasteiger partial charge < -0.3 is 16.0 Å². The summed E-state index contributed by atoms with van der Waals surface area (Å²) in [7, 11) is 3.89. The number of nitrogens with one attached hydrogen (secondary N) is 1. The third kappa shape index (κ3) is 6.34. The summed E-state index contributed by atoms with van der Waals surface area (Å²) in [5, 5.41) is 2.79. The van der Waals surface area contributed by atoms with Crippen LogP contribution in [-0.4, -0.2) is 25.0 Å². The average molecular weight is 357 g/mol. The Morgan fingerprint density at radius 1 is 1.17 bits per heavy atom. The third-order valence-electron chi connectivity index (χ3n) is 3.21. The SMILES string of the molecule is CN(C)c1ccc(NC(=O)CCc2ccccc2N)nc1.Cl.Cl. The highest BCUT2D eigenvalue weighted by molar-refractivity contribution is 5.90. The molecule has 126 valence electrons. The van der Waals surface area contributed by atoms with Crippen LogP contribution in [0.4, 0.5) is 17.2 Å². The summed E-state index contributed by atoms with van der Waals surface area (Å²) in [6.07, 6.45) is 2.73. The van der Waals surface area contributed by atoms with Crippen LogP contribution in [0, 0.1) is 0 Å². The monoisotopic (exact) mass is 356 g/mol. The minimum absolute atomic E-state index is 0. The molecule has 23 heavy (non-hydrogen) atoms. The average Bonchev–Trinajstić information content (AvgIpc) is 2.47. The fourth-order valence-electron chi connectivity index (χ4n) is 1.94. The van der Waals surface area contributed by atoms with E-state index in [0.29, 0.717) is 18.7 Å². The maximum atomic E-state index is 11.9. The molecule has 7 heteroatoms. The highest BCUT2D eigenvalue weighted by Gasteiger charge is 2.06. The van der Waals surface area contributed by atoms with Gasteiger partial charge >= 0.3 is 0 Å². The molecule has 0 aliphatic rings. The fourth-order valence-corrected chi connectivity index (χ4v) is 1.94. The van der Waals surface area contributed by atoms with Crippen LogP contribution in [0.2, 0.25) is 0 Å². The lowest BCUT2D eigenvalue weighted by Crippen LogP contribution is -2.14. The highest BCUT2D eigenvalue weighted by atomic mass is 35.5. The number of amides is 1. The van der Waals surface area contributed by atoms with Gasteiger partial charge in [0.1, 0.15) is 5.82 Å². The number of pyridine rings is 1. The van der Waals surface area contributed by atoms with Gasteiger partial charge in [-0.05, 0) is 30.2 Å². The number of hydrogen-bond donors (Lipinski definition) is 2. The van der Waals surface area contributed by atoms with Gasteiger partial charge in [0.2, 0.25) is 5.91 Å². The van der Waals surface area contributed by atoms with Gasteiger partial charge in [-0.3, -0.25) is 4.79 Å². The first-order valence-corrected chi connectivity index (χ1v) is 6.83. The van der Waals surface area contributed by atoms with Crippen molar-refractivity contribution < 1.29 is 4.79 Å². The van der Waals surface area contributed by atoms with Gasteiger partial charge in [0.05, 0.1) is 11.9 Å². The molecule has 0 fully saturated rings. The number of halogens is 2. The zero-order chi connectivity index (χ0) is 15.2. The van der Waals surface area contributed by atoms with Crippen LogP contribution in [0.1, 0.15) is 12.0 Å². The van der Waals surface area contributed by atoms with Gasteiger partial charge in [-0.25, -0.2) is 4.98 Å². The molecule has 0 saturated heterocycles. The number of rotatable bonds is 5. The molecule has 2 rings (SSSR count). The minimum Gasteiger partial charge on any atom is -0.399 e. The number of nitrogens with zero attached hydrogens (tertiary/aromatic N) is 2. The van der Waals surface area contributed by atoms with E-state index >= 15 is 0 Å². The van der Waals surface area contributed by atoms with Gasteiger partial charge in [-0.15, -0.1) is 24.8 Å². The molecule has 5 nitrogen and oxygen atoms in total. The van der Waals surface area contributed by atoms with Crippen LogP contribution in [0.5, 0.6) is 0 Å². The molecule has 3 N–H and O–H groups in total. The van der Waals surface area contributed by atoms with Crippen LogP contribution in [-0.2, 0) is 11.2 Å². The van der Waals surface area contributed by atoms with Gasteiger partial charge in [-0.2, -0.15) is 0 Å². The Morgan fingerprint density at radius 3 is 2.43 bits per heavy atom. The molecule has 1 aromatic heterocycles. The molecule has 0 unspecified atom stereocenters. The quantitative estimate of drug-likeness (QED) is 0.807. The molecule has 1 aromatic carbocycles. The van der Waals surface area contributed by atoms with Gasteiger partial charge in [0.15, 0.2) is 0 Å². The van der Waals surface area contributed by atoms with E-state index in [0.717, 1.165) is 16.9 Å². The van der Waals surface area contributed by atoms with Gasteiger partial charge in [0, 0.05) is 26.2 Å². The van der Waals surface area contributed by atoms with Gasteiger partial charge in [-0.1, -0.05) is 18.2 Å². The van der Waals surface area contributed by atoms with Crippen LogP contribution < -0.4 is 16.0 Å². The number of aryl methyl sites for hydroxylation is 1. The van der Waals surface area contributed by atoms with E-state index in [1.165, 1.54) is 0 Å². The Bertz CT molecular complexity index is 618. The van der Waals surface area contributed by atoms with E-state index in [4.69, 9.17) is 5.73 Å². The lowest BCUT2D eigenvalue weighted by Gasteiger charge is -2.12. The predicted molar refractivity (Wildman–Crippen MR) is 101 cm³/mol. The van der Waals surface area contributed by atoms with Crippen LogP contribution in [0.3, 0.4) is 0 Å². The summed E-state index contributed by atoms with van der Waals surface area (Å²) < 4.78 is 0. The molecule has 0 spiro atoms. The maximum Gasteiger partial charge on any atom is 0.225 e. The van der Waals surface area contributed by atoms with Crippen LogP contribution in [0.25, 0.3) is 0 Å². The number of carbonyl (C=O) groups is 1. The molecular formula is C16H22Cl2N4O. The standard InChI is InChI=1S/C16H20N4O.2ClH/c1-20(2)13-8-9-15(18-11-13)19-16(21)10-7-12-5-3-4-6-14(12)17;;/h3-6,8-9,11H,7,10,17H2,1-2H3,(H,18,19,21);2*1H. The van der Waals surface area contributed by atoms with Crippen molar-refractivity contribution in [3.8, 4) is 0 Å². The second-order valence-corrected chi connectivity index (χ2v) is 5.04. The number of para-hydroxylation sites is 1. The molecule has 0 atom stereocenters. The first kappa shape index (κ1) is 21.0. The van der Waals surface area contributed by atoms with Crippen molar-refractivity contribution >= 4 is 47.9 Å². The Labute approximate surface area is 149 Å². The second-order valence-electron chi connectivity index (χ2n) is 5.04. The number of aromatic nitrogens is 1. The summed E-state index contributed by atoms with van der Waals surface area (Å²) in [5.41, 5.74) is 8.56. The largest absolute Gasteiger partial charge is 0.399 e. The fraction of sp³-hybridized carbons (Fsp3) is 0.250. The van der Waals surface area contributed by atoms with Crippen molar-refractivity contribution in [3.05, 3.63) is 48.2 Å². The van der Waals surface area contributed by atoms with E-state index in [-0.39, 0.29) is 30.7 Å². The number of anilines is 3. The summed E-state index contributed by atoms with van der Waals surface area (Å²) in [5.74, 6) is 0.495. The van der Waals surface area contributed by atoms with Crippen LogP contribution in [0.15, 0.2) is 42.6 Å². The van der Waals surface area contributed by atoms with E-state index in [1.807, 2.05) is 49.3 Å². The molecule has 0 aliphatic carbocycles. The predicted octanol–water partition coefficient (Wildman–Crippen LogP) is 3.14. The number of nitrogen functional groups attached to an aromatic ring is 1. The van der Waals surface area contributed by atoms with E-state index in [2.05, 4.69) is 10.3 Å². The Hall–Kier alpha value is -1.98. The Balaban J connectivity index is 0.00000242. The molecule has 1 heterocycles. The van der Waals surface area contributed by atoms with Gasteiger partial charge in [0.25, 0.3) is 0 Å². The number of benzene rings is 1. The number of nitrogens with two attached hydrogens (primary N) is 1. The van der Waals surface area contributed by atoms with Crippen LogP contribution >= 0.6 is 24.8 Å². The van der Waals surface area contributed by atoms with Crippen molar-refractivity contribution in [3.63, 3.8) is 0 Å². The molecule has 0 radical (unpaired) electrons. The molecule has 0 bridgehead atoms. The highest BCUT2D eigenvalue weighted by Crippen LogP contribution is 2.14. The summed E-state index contributed by atoms with van der Waals surface area (Å²) >= 11 is 0. The van der Waals surface area contributed by atoms with Crippen molar-refractivity contribution in [2.24, 2.45) is 0 Å². The van der Waals surface area contributed by atoms with Crippen molar-refractivity contribution in [1.29, 1.82) is 0 Å². The molecule has 1 amide bonds. The second kappa shape index (κ2) is 9.92. The molecular weight excluding hydrogens is 335 g/mol. The minimum atomic E-state index is -0.0663. The molecule has 0 saturated carbocycles. The molecule has 2 aromatic rings. The van der Waals surface area contributed by atoms with Crippen molar-refractivity contribution in [2.75, 3.05) is 30.0 Å². The zero-order valence-corrected chi connectivity index (χ0v) is 14.8. The lowest BCUT2D eigenvalue weighted by molar-refractivity contribution is -0.116. The van der Waals surface area contributed by atoms with E-state index < -0.39 is 0 Å². The zero-order valence-electron chi connectivity index (χ0n) is 13.2. The number of carbonyl (C=O) groups excluding carboxylic acids is 1. The first-order chi connectivity index (χ1) is 10.1. The van der Waals surface area contributed by atoms with E-state index in [9.17, 15) is 4.79 Å². The van der Waals surface area contributed by atoms with E-state index in [1.54, 1.807) is 12.3 Å².